The third-order valence-electron chi connectivity index (χ3n) is 5.00. The van der Waals surface area contributed by atoms with E-state index in [1.165, 1.54) is 11.1 Å². The zero-order chi connectivity index (χ0) is 17.9. The largest absolute Gasteiger partial charge is 0.334 e. The minimum atomic E-state index is 0.0881. The molecule has 0 spiro atoms. The van der Waals surface area contributed by atoms with Crippen molar-refractivity contribution >= 4 is 5.91 Å². The second-order valence-corrected chi connectivity index (χ2v) is 6.75. The van der Waals surface area contributed by atoms with Gasteiger partial charge < -0.3 is 4.90 Å². The predicted octanol–water partition coefficient (Wildman–Crippen LogP) is 4.02. The number of carbonyl (C=O) groups is 1. The first-order chi connectivity index (χ1) is 12.8. The van der Waals surface area contributed by atoms with Gasteiger partial charge in [0.2, 0.25) is 0 Å². The summed E-state index contributed by atoms with van der Waals surface area (Å²) in [6.45, 7) is 3.57. The standard InChI is InChI=1S/C22H23N3O/c1-2-8-21-20(15-23-25(21)19-11-4-3-5-12-19)22(26)24-14-13-17-9-6-7-10-18(17)16-24/h3-7,9-12,15H,2,8,13-14,16H2,1H3. The lowest BCUT2D eigenvalue weighted by Gasteiger charge is -2.29. The monoisotopic (exact) mass is 345 g/mol. The van der Waals surface area contributed by atoms with Crippen LogP contribution in [0.25, 0.3) is 5.69 Å². The summed E-state index contributed by atoms with van der Waals surface area (Å²) in [5, 5.41) is 4.53. The minimum Gasteiger partial charge on any atom is -0.334 e. The van der Waals surface area contributed by atoms with Gasteiger partial charge in [-0.05, 0) is 36.1 Å². The molecule has 1 aliphatic heterocycles. The van der Waals surface area contributed by atoms with Crippen LogP contribution in [0, 0.1) is 0 Å². The average Bonchev–Trinajstić information content (AvgIpc) is 3.11. The topological polar surface area (TPSA) is 38.1 Å². The van der Waals surface area contributed by atoms with E-state index in [4.69, 9.17) is 0 Å². The van der Waals surface area contributed by atoms with Gasteiger partial charge in [-0.25, -0.2) is 4.68 Å². The zero-order valence-corrected chi connectivity index (χ0v) is 15.1. The number of fused-ring (bicyclic) bond motifs is 1. The lowest BCUT2D eigenvalue weighted by Crippen LogP contribution is -2.36. The number of hydrogen-bond donors (Lipinski definition) is 0. The van der Waals surface area contributed by atoms with E-state index in [1.54, 1.807) is 6.20 Å². The van der Waals surface area contributed by atoms with Crippen LogP contribution in [-0.2, 0) is 19.4 Å². The molecule has 0 fully saturated rings. The van der Waals surface area contributed by atoms with Crippen LogP contribution in [0.4, 0.5) is 0 Å². The Morgan fingerprint density at radius 2 is 1.77 bits per heavy atom. The van der Waals surface area contributed by atoms with Crippen LogP contribution in [0.3, 0.4) is 0 Å². The fourth-order valence-corrected chi connectivity index (χ4v) is 3.66. The highest BCUT2D eigenvalue weighted by Crippen LogP contribution is 2.23. The number of carbonyl (C=O) groups excluding carboxylic acids is 1. The third-order valence-corrected chi connectivity index (χ3v) is 5.00. The van der Waals surface area contributed by atoms with E-state index in [0.29, 0.717) is 6.54 Å². The molecule has 1 aliphatic rings. The minimum absolute atomic E-state index is 0.0881. The SMILES string of the molecule is CCCc1c(C(=O)N2CCc3ccccc3C2)cnn1-c1ccccc1. The van der Waals surface area contributed by atoms with E-state index in [-0.39, 0.29) is 5.91 Å². The number of hydrogen-bond acceptors (Lipinski definition) is 2. The van der Waals surface area contributed by atoms with Crippen molar-refractivity contribution in [2.45, 2.75) is 32.7 Å². The average molecular weight is 345 g/mol. The molecule has 0 N–H and O–H groups in total. The Hall–Kier alpha value is -2.88. The molecule has 1 amide bonds. The first-order valence-electron chi connectivity index (χ1n) is 9.26. The second kappa shape index (κ2) is 7.16. The maximum atomic E-state index is 13.2. The smallest absolute Gasteiger partial charge is 0.257 e. The molecule has 0 radical (unpaired) electrons. The van der Waals surface area contributed by atoms with E-state index in [0.717, 1.165) is 42.8 Å². The van der Waals surface area contributed by atoms with Crippen molar-refractivity contribution in [3.8, 4) is 5.69 Å². The van der Waals surface area contributed by atoms with Crippen LogP contribution >= 0.6 is 0 Å². The fraction of sp³-hybridized carbons (Fsp3) is 0.273. The second-order valence-electron chi connectivity index (χ2n) is 6.75. The van der Waals surface area contributed by atoms with Crippen molar-refractivity contribution in [2.75, 3.05) is 6.54 Å². The van der Waals surface area contributed by atoms with E-state index >= 15 is 0 Å². The summed E-state index contributed by atoms with van der Waals surface area (Å²) in [6.07, 6.45) is 4.46. The number of benzene rings is 2. The number of amides is 1. The van der Waals surface area contributed by atoms with Crippen LogP contribution in [0.5, 0.6) is 0 Å². The Morgan fingerprint density at radius 3 is 2.54 bits per heavy atom. The Morgan fingerprint density at radius 1 is 1.04 bits per heavy atom. The Labute approximate surface area is 154 Å². The Bertz CT molecular complexity index is 914. The molecule has 1 aromatic heterocycles. The molecule has 4 rings (SSSR count). The molecule has 132 valence electrons. The quantitative estimate of drug-likeness (QED) is 0.716. The van der Waals surface area contributed by atoms with Gasteiger partial charge in [0.25, 0.3) is 5.91 Å². The van der Waals surface area contributed by atoms with Crippen LogP contribution in [0.1, 0.15) is 40.5 Å². The molecule has 4 heteroatoms. The van der Waals surface area contributed by atoms with Crippen LogP contribution < -0.4 is 0 Å². The Kier molecular flexibility index (Phi) is 4.57. The fourth-order valence-electron chi connectivity index (χ4n) is 3.66. The summed E-state index contributed by atoms with van der Waals surface area (Å²) >= 11 is 0. The van der Waals surface area contributed by atoms with Crippen molar-refractivity contribution in [3.05, 3.63) is 83.2 Å². The molecular formula is C22H23N3O. The number of rotatable bonds is 4. The molecule has 26 heavy (non-hydrogen) atoms. The van der Waals surface area contributed by atoms with Crippen molar-refractivity contribution < 1.29 is 4.79 Å². The summed E-state index contributed by atoms with van der Waals surface area (Å²) < 4.78 is 1.91. The first kappa shape index (κ1) is 16.6. The molecule has 2 heterocycles. The Balaban J connectivity index is 1.65. The normalized spacial score (nSPS) is 13.5. The summed E-state index contributed by atoms with van der Waals surface area (Å²) in [5.74, 6) is 0.0881. The molecule has 2 aromatic carbocycles. The highest BCUT2D eigenvalue weighted by atomic mass is 16.2. The molecule has 0 saturated carbocycles. The van der Waals surface area contributed by atoms with Gasteiger partial charge in [0.05, 0.1) is 23.1 Å². The summed E-state index contributed by atoms with van der Waals surface area (Å²) in [5.41, 5.74) is 5.33. The van der Waals surface area contributed by atoms with E-state index < -0.39 is 0 Å². The van der Waals surface area contributed by atoms with Gasteiger partial charge in [-0.3, -0.25) is 4.79 Å². The molecule has 4 nitrogen and oxygen atoms in total. The zero-order valence-electron chi connectivity index (χ0n) is 15.1. The molecule has 0 bridgehead atoms. The van der Waals surface area contributed by atoms with Crippen molar-refractivity contribution in [3.63, 3.8) is 0 Å². The van der Waals surface area contributed by atoms with Crippen LogP contribution in [0.2, 0.25) is 0 Å². The van der Waals surface area contributed by atoms with Gasteiger partial charge in [0, 0.05) is 13.1 Å². The van der Waals surface area contributed by atoms with Gasteiger partial charge >= 0.3 is 0 Å². The number of nitrogens with zero attached hydrogens (tertiary/aromatic N) is 3. The molecule has 0 saturated heterocycles. The van der Waals surface area contributed by atoms with Crippen LogP contribution in [0.15, 0.2) is 60.8 Å². The summed E-state index contributed by atoms with van der Waals surface area (Å²) in [4.78, 5) is 15.2. The molecule has 0 aliphatic carbocycles. The van der Waals surface area contributed by atoms with Gasteiger partial charge in [0.15, 0.2) is 0 Å². The predicted molar refractivity (Wildman–Crippen MR) is 102 cm³/mol. The summed E-state index contributed by atoms with van der Waals surface area (Å²) in [7, 11) is 0. The highest BCUT2D eigenvalue weighted by molar-refractivity contribution is 5.95. The lowest BCUT2D eigenvalue weighted by atomic mass is 9.99. The molecule has 0 unspecified atom stereocenters. The lowest BCUT2D eigenvalue weighted by molar-refractivity contribution is 0.0733. The molecule has 0 atom stereocenters. The number of aromatic nitrogens is 2. The summed E-state index contributed by atoms with van der Waals surface area (Å²) in [6, 6.07) is 18.4. The van der Waals surface area contributed by atoms with E-state index in [1.807, 2.05) is 46.0 Å². The van der Waals surface area contributed by atoms with Crippen molar-refractivity contribution in [1.82, 2.24) is 14.7 Å². The van der Waals surface area contributed by atoms with E-state index in [9.17, 15) is 4.79 Å². The van der Waals surface area contributed by atoms with Gasteiger partial charge in [0.1, 0.15) is 0 Å². The van der Waals surface area contributed by atoms with Crippen molar-refractivity contribution in [2.24, 2.45) is 0 Å². The molecule has 3 aromatic rings. The number of para-hydroxylation sites is 1. The van der Waals surface area contributed by atoms with Gasteiger partial charge in [-0.1, -0.05) is 55.8 Å². The van der Waals surface area contributed by atoms with E-state index in [2.05, 4.69) is 30.2 Å². The maximum Gasteiger partial charge on any atom is 0.257 e. The molecular weight excluding hydrogens is 322 g/mol. The van der Waals surface area contributed by atoms with Crippen LogP contribution in [-0.4, -0.2) is 27.1 Å². The maximum absolute atomic E-state index is 13.2. The third kappa shape index (κ3) is 3.03. The highest BCUT2D eigenvalue weighted by Gasteiger charge is 2.25. The van der Waals surface area contributed by atoms with Gasteiger partial charge in [-0.15, -0.1) is 0 Å². The van der Waals surface area contributed by atoms with Crippen molar-refractivity contribution in [1.29, 1.82) is 0 Å². The first-order valence-corrected chi connectivity index (χ1v) is 9.26. The van der Waals surface area contributed by atoms with Gasteiger partial charge in [-0.2, -0.15) is 5.10 Å².